The van der Waals surface area contributed by atoms with Crippen molar-refractivity contribution in [2.24, 2.45) is 5.73 Å². The molecule has 0 atom stereocenters. The molecule has 2 aromatic heterocycles. The molecule has 66 valence electrons. The van der Waals surface area contributed by atoms with Crippen molar-refractivity contribution < 1.29 is 0 Å². The smallest absolute Gasteiger partial charge is 0.137 e. The normalized spacial score (nSPS) is 10.2. The van der Waals surface area contributed by atoms with Gasteiger partial charge in [-0.25, -0.2) is 9.97 Å². The first kappa shape index (κ1) is 7.94. The van der Waals surface area contributed by atoms with Crippen molar-refractivity contribution in [3.8, 4) is 5.82 Å². The first-order valence-corrected chi connectivity index (χ1v) is 4.04. The summed E-state index contributed by atoms with van der Waals surface area (Å²) < 4.78 is 1.85. The minimum atomic E-state index is 0.458. The van der Waals surface area contributed by atoms with E-state index in [0.717, 1.165) is 11.5 Å². The number of nitrogens with two attached hydrogens (primary N) is 1. The van der Waals surface area contributed by atoms with Crippen LogP contribution in [0.3, 0.4) is 0 Å². The molecule has 0 radical (unpaired) electrons. The lowest BCUT2D eigenvalue weighted by Gasteiger charge is -1.97. The van der Waals surface area contributed by atoms with E-state index >= 15 is 0 Å². The molecule has 2 heterocycles. The number of rotatable bonds is 2. The Morgan fingerprint density at radius 2 is 2.23 bits per heavy atom. The Labute approximate surface area is 76.1 Å². The van der Waals surface area contributed by atoms with E-state index in [2.05, 4.69) is 9.97 Å². The third-order valence-corrected chi connectivity index (χ3v) is 1.76. The molecular weight excluding hydrogens is 164 g/mol. The number of hydrogen-bond acceptors (Lipinski definition) is 3. The van der Waals surface area contributed by atoms with Crippen LogP contribution in [-0.2, 0) is 6.54 Å². The molecule has 0 saturated carbocycles. The van der Waals surface area contributed by atoms with Crippen molar-refractivity contribution in [1.82, 2.24) is 14.5 Å². The Morgan fingerprint density at radius 3 is 2.85 bits per heavy atom. The molecule has 4 nitrogen and oxygen atoms in total. The summed E-state index contributed by atoms with van der Waals surface area (Å²) in [6.07, 6.45) is 5.34. The van der Waals surface area contributed by atoms with Gasteiger partial charge in [-0.3, -0.25) is 4.57 Å². The molecule has 0 aromatic carbocycles. The third kappa shape index (κ3) is 1.57. The molecule has 0 aliphatic rings. The SMILES string of the molecule is NCc1cn(-c2ccccn2)cn1. The van der Waals surface area contributed by atoms with Crippen molar-refractivity contribution in [2.75, 3.05) is 0 Å². The molecule has 0 aliphatic carbocycles. The zero-order chi connectivity index (χ0) is 9.10. The summed E-state index contributed by atoms with van der Waals surface area (Å²) in [5.74, 6) is 0.856. The number of aromatic nitrogens is 3. The molecule has 0 amide bonds. The van der Waals surface area contributed by atoms with Crippen molar-refractivity contribution in [3.63, 3.8) is 0 Å². The summed E-state index contributed by atoms with van der Waals surface area (Å²) in [4.78, 5) is 8.29. The van der Waals surface area contributed by atoms with Gasteiger partial charge in [0.25, 0.3) is 0 Å². The van der Waals surface area contributed by atoms with E-state index in [9.17, 15) is 0 Å². The summed E-state index contributed by atoms with van der Waals surface area (Å²) in [5, 5.41) is 0. The molecule has 0 aliphatic heterocycles. The molecule has 0 fully saturated rings. The molecule has 2 aromatic rings. The van der Waals surface area contributed by atoms with Crippen molar-refractivity contribution >= 4 is 0 Å². The molecule has 2 N–H and O–H groups in total. The summed E-state index contributed by atoms with van der Waals surface area (Å²) in [6.45, 7) is 0.458. The predicted molar refractivity (Wildman–Crippen MR) is 49.3 cm³/mol. The van der Waals surface area contributed by atoms with Gasteiger partial charge >= 0.3 is 0 Å². The minimum Gasteiger partial charge on any atom is -0.325 e. The molecule has 0 bridgehead atoms. The average molecular weight is 174 g/mol. The molecule has 0 spiro atoms. The van der Waals surface area contributed by atoms with Crippen LogP contribution in [0.15, 0.2) is 36.9 Å². The second-order valence-electron chi connectivity index (χ2n) is 2.66. The van der Waals surface area contributed by atoms with Gasteiger partial charge in [-0.05, 0) is 12.1 Å². The van der Waals surface area contributed by atoms with E-state index in [4.69, 9.17) is 5.73 Å². The van der Waals surface area contributed by atoms with Gasteiger partial charge in [0.05, 0.1) is 5.69 Å². The maximum atomic E-state index is 5.44. The number of pyridine rings is 1. The van der Waals surface area contributed by atoms with Crippen LogP contribution in [-0.4, -0.2) is 14.5 Å². The van der Waals surface area contributed by atoms with E-state index in [-0.39, 0.29) is 0 Å². The summed E-state index contributed by atoms with van der Waals surface area (Å²) in [5.41, 5.74) is 6.31. The Kier molecular flexibility index (Phi) is 2.06. The van der Waals surface area contributed by atoms with Crippen LogP contribution in [0.25, 0.3) is 5.82 Å². The lowest BCUT2D eigenvalue weighted by molar-refractivity contribution is 0.989. The van der Waals surface area contributed by atoms with Crippen molar-refractivity contribution in [1.29, 1.82) is 0 Å². The fourth-order valence-electron chi connectivity index (χ4n) is 1.10. The van der Waals surface area contributed by atoms with E-state index in [0.29, 0.717) is 6.54 Å². The van der Waals surface area contributed by atoms with Gasteiger partial charge in [-0.15, -0.1) is 0 Å². The van der Waals surface area contributed by atoms with Gasteiger partial charge in [0.15, 0.2) is 0 Å². The van der Waals surface area contributed by atoms with Crippen molar-refractivity contribution in [3.05, 3.63) is 42.6 Å². The number of imidazole rings is 1. The minimum absolute atomic E-state index is 0.458. The molecule has 4 heteroatoms. The lowest BCUT2D eigenvalue weighted by atomic mass is 10.4. The molecule has 0 saturated heterocycles. The van der Waals surface area contributed by atoms with E-state index in [1.807, 2.05) is 29.0 Å². The molecule has 0 unspecified atom stereocenters. The number of nitrogens with zero attached hydrogens (tertiary/aromatic N) is 3. The van der Waals surface area contributed by atoms with E-state index in [1.165, 1.54) is 0 Å². The Morgan fingerprint density at radius 1 is 1.31 bits per heavy atom. The topological polar surface area (TPSA) is 56.7 Å². The third-order valence-electron chi connectivity index (χ3n) is 1.76. The zero-order valence-electron chi connectivity index (χ0n) is 7.09. The van der Waals surface area contributed by atoms with Gasteiger partial charge in [0, 0.05) is 18.9 Å². The van der Waals surface area contributed by atoms with Crippen LogP contribution in [0, 0.1) is 0 Å². The maximum absolute atomic E-state index is 5.44. The molecule has 13 heavy (non-hydrogen) atoms. The van der Waals surface area contributed by atoms with Gasteiger partial charge in [0.2, 0.25) is 0 Å². The van der Waals surface area contributed by atoms with Crippen LogP contribution in [0.4, 0.5) is 0 Å². The highest BCUT2D eigenvalue weighted by atomic mass is 15.1. The van der Waals surface area contributed by atoms with Crippen LogP contribution >= 0.6 is 0 Å². The largest absolute Gasteiger partial charge is 0.325 e. The second kappa shape index (κ2) is 3.37. The number of hydrogen-bond donors (Lipinski definition) is 1. The van der Waals surface area contributed by atoms with Crippen LogP contribution < -0.4 is 5.73 Å². The summed E-state index contributed by atoms with van der Waals surface area (Å²) >= 11 is 0. The van der Waals surface area contributed by atoms with Crippen LogP contribution in [0.1, 0.15) is 5.69 Å². The summed E-state index contributed by atoms with van der Waals surface area (Å²) in [6, 6.07) is 5.73. The van der Waals surface area contributed by atoms with E-state index in [1.54, 1.807) is 12.5 Å². The molecular formula is C9H10N4. The fourth-order valence-corrected chi connectivity index (χ4v) is 1.10. The van der Waals surface area contributed by atoms with Crippen molar-refractivity contribution in [2.45, 2.75) is 6.54 Å². The fraction of sp³-hybridized carbons (Fsp3) is 0.111. The first-order chi connectivity index (χ1) is 6.40. The predicted octanol–water partition coefficient (Wildman–Crippen LogP) is 0.726. The highest BCUT2D eigenvalue weighted by molar-refractivity contribution is 5.22. The zero-order valence-corrected chi connectivity index (χ0v) is 7.09. The standard InChI is InChI=1S/C9H10N4/c10-5-8-6-13(7-12-8)9-3-1-2-4-11-9/h1-4,6-7H,5,10H2. The van der Waals surface area contributed by atoms with Gasteiger partial charge in [0.1, 0.15) is 12.1 Å². The Bertz CT molecular complexity index is 380. The van der Waals surface area contributed by atoms with Crippen LogP contribution in [0.2, 0.25) is 0 Å². The lowest BCUT2D eigenvalue weighted by Crippen LogP contribution is -1.96. The maximum Gasteiger partial charge on any atom is 0.137 e. The second-order valence-corrected chi connectivity index (χ2v) is 2.66. The van der Waals surface area contributed by atoms with Crippen LogP contribution in [0.5, 0.6) is 0 Å². The monoisotopic (exact) mass is 174 g/mol. The van der Waals surface area contributed by atoms with E-state index < -0.39 is 0 Å². The average Bonchev–Trinajstić information content (AvgIpc) is 2.67. The quantitative estimate of drug-likeness (QED) is 0.730. The summed E-state index contributed by atoms with van der Waals surface area (Å²) in [7, 11) is 0. The first-order valence-electron chi connectivity index (χ1n) is 4.04. The Hall–Kier alpha value is -1.68. The highest BCUT2D eigenvalue weighted by Gasteiger charge is 1.98. The Balaban J connectivity index is 2.36. The molecule has 2 rings (SSSR count). The van der Waals surface area contributed by atoms with Gasteiger partial charge in [-0.1, -0.05) is 6.07 Å². The highest BCUT2D eigenvalue weighted by Crippen LogP contribution is 2.03. The van der Waals surface area contributed by atoms with Gasteiger partial charge in [-0.2, -0.15) is 0 Å². The van der Waals surface area contributed by atoms with Gasteiger partial charge < -0.3 is 5.73 Å².